The van der Waals surface area contributed by atoms with E-state index in [4.69, 9.17) is 0 Å². The van der Waals surface area contributed by atoms with Crippen LogP contribution < -0.4 is 0 Å². The molecule has 0 fully saturated rings. The van der Waals surface area contributed by atoms with Crippen LogP contribution in [0.5, 0.6) is 0 Å². The molecule has 0 amide bonds. The molecule has 2 heterocycles. The second-order valence-electron chi connectivity index (χ2n) is 3.85. The lowest BCUT2D eigenvalue weighted by Gasteiger charge is -2.08. The van der Waals surface area contributed by atoms with E-state index >= 15 is 0 Å². The van der Waals surface area contributed by atoms with Gasteiger partial charge in [-0.15, -0.1) is 0 Å². The summed E-state index contributed by atoms with van der Waals surface area (Å²) in [5.74, 6) is 0. The number of H-pyrrole nitrogens is 1. The van der Waals surface area contributed by atoms with Gasteiger partial charge < -0.3 is 0 Å². The van der Waals surface area contributed by atoms with Gasteiger partial charge in [0.05, 0.1) is 17.1 Å². The third-order valence-electron chi connectivity index (χ3n) is 2.14. The summed E-state index contributed by atoms with van der Waals surface area (Å²) in [7, 11) is 0. The minimum absolute atomic E-state index is 0.0136. The summed E-state index contributed by atoms with van der Waals surface area (Å²) in [5.41, 5.74) is -0.0983. The Bertz CT molecular complexity index is 503. The molecule has 6 heteroatoms. The molecule has 2 aromatic heterocycles. The number of aryl methyl sites for hydroxylation is 1. The van der Waals surface area contributed by atoms with E-state index in [2.05, 4.69) is 29.0 Å². The topological polar surface area (TPSA) is 41.6 Å². The number of aromatic amines is 1. The molecule has 0 spiro atoms. The largest absolute Gasteiger partial charge is 0.417 e. The van der Waals surface area contributed by atoms with E-state index in [1.807, 2.05) is 0 Å². The SMILES string of the molecule is CCC.CCc1cc(C(F)(F)F)c2cn[nH]c2n1. The molecule has 0 aliphatic heterocycles. The smallest absolute Gasteiger partial charge is 0.261 e. The third kappa shape index (κ3) is 3.21. The van der Waals surface area contributed by atoms with Crippen molar-refractivity contribution >= 4 is 11.0 Å². The van der Waals surface area contributed by atoms with E-state index in [9.17, 15) is 13.2 Å². The molecule has 18 heavy (non-hydrogen) atoms. The first kappa shape index (κ1) is 14.5. The number of nitrogens with zero attached hydrogens (tertiary/aromatic N) is 2. The zero-order chi connectivity index (χ0) is 13.8. The van der Waals surface area contributed by atoms with Crippen molar-refractivity contribution in [1.82, 2.24) is 15.2 Å². The van der Waals surface area contributed by atoms with Crippen LogP contribution in [0.1, 0.15) is 38.4 Å². The van der Waals surface area contributed by atoms with Gasteiger partial charge in [0.15, 0.2) is 5.65 Å². The molecule has 0 radical (unpaired) electrons. The Morgan fingerprint density at radius 3 is 2.33 bits per heavy atom. The zero-order valence-corrected chi connectivity index (χ0v) is 10.6. The average molecular weight is 259 g/mol. The van der Waals surface area contributed by atoms with E-state index in [1.54, 1.807) is 6.92 Å². The molecule has 0 aliphatic carbocycles. The van der Waals surface area contributed by atoms with Crippen molar-refractivity contribution in [2.24, 2.45) is 0 Å². The van der Waals surface area contributed by atoms with Crippen molar-refractivity contribution in [3.63, 3.8) is 0 Å². The Morgan fingerprint density at radius 2 is 1.83 bits per heavy atom. The van der Waals surface area contributed by atoms with E-state index in [-0.39, 0.29) is 11.0 Å². The summed E-state index contributed by atoms with van der Waals surface area (Å²) in [5, 5.41) is 6.02. The van der Waals surface area contributed by atoms with Gasteiger partial charge in [-0.25, -0.2) is 4.98 Å². The van der Waals surface area contributed by atoms with E-state index in [1.165, 1.54) is 6.42 Å². The molecule has 1 N–H and O–H groups in total. The number of hydrogen-bond donors (Lipinski definition) is 1. The van der Waals surface area contributed by atoms with Gasteiger partial charge in [0.1, 0.15) is 0 Å². The summed E-state index contributed by atoms with van der Waals surface area (Å²) in [4.78, 5) is 4.01. The lowest BCUT2D eigenvalue weighted by Crippen LogP contribution is -2.07. The highest BCUT2D eigenvalue weighted by Crippen LogP contribution is 2.34. The Hall–Kier alpha value is -1.59. The highest BCUT2D eigenvalue weighted by Gasteiger charge is 2.33. The van der Waals surface area contributed by atoms with E-state index in [0.717, 1.165) is 12.3 Å². The third-order valence-corrected chi connectivity index (χ3v) is 2.14. The summed E-state index contributed by atoms with van der Waals surface area (Å²) < 4.78 is 37.9. The fourth-order valence-corrected chi connectivity index (χ4v) is 1.40. The monoisotopic (exact) mass is 259 g/mol. The molecule has 0 atom stereocenters. The van der Waals surface area contributed by atoms with Crippen LogP contribution >= 0.6 is 0 Å². The van der Waals surface area contributed by atoms with Crippen LogP contribution in [-0.2, 0) is 12.6 Å². The molecule has 0 aromatic carbocycles. The second kappa shape index (κ2) is 5.84. The fraction of sp³-hybridized carbons (Fsp3) is 0.500. The second-order valence-corrected chi connectivity index (χ2v) is 3.85. The Morgan fingerprint density at radius 1 is 1.22 bits per heavy atom. The number of rotatable bonds is 1. The van der Waals surface area contributed by atoms with E-state index in [0.29, 0.717) is 12.1 Å². The summed E-state index contributed by atoms with van der Waals surface area (Å²) in [6.07, 6.45) is -1.52. The molecule has 100 valence electrons. The highest BCUT2D eigenvalue weighted by atomic mass is 19.4. The molecule has 0 saturated heterocycles. The Balaban J connectivity index is 0.000000492. The lowest BCUT2D eigenvalue weighted by molar-refractivity contribution is -0.136. The van der Waals surface area contributed by atoms with Crippen molar-refractivity contribution < 1.29 is 13.2 Å². The van der Waals surface area contributed by atoms with Crippen molar-refractivity contribution in [3.8, 4) is 0 Å². The van der Waals surface area contributed by atoms with Gasteiger partial charge in [0, 0.05) is 5.69 Å². The molecule has 0 bridgehead atoms. The van der Waals surface area contributed by atoms with Crippen LogP contribution in [0, 0.1) is 0 Å². The van der Waals surface area contributed by atoms with Gasteiger partial charge in [-0.1, -0.05) is 27.2 Å². The number of halogens is 3. The first-order chi connectivity index (χ1) is 8.43. The predicted molar refractivity (Wildman–Crippen MR) is 64.2 cm³/mol. The highest BCUT2D eigenvalue weighted by molar-refractivity contribution is 5.78. The molecule has 0 unspecified atom stereocenters. The average Bonchev–Trinajstić information content (AvgIpc) is 2.74. The number of fused-ring (bicyclic) bond motifs is 1. The summed E-state index contributed by atoms with van der Waals surface area (Å²) >= 11 is 0. The maximum absolute atomic E-state index is 12.6. The molecule has 0 aliphatic rings. The van der Waals surface area contributed by atoms with Crippen molar-refractivity contribution in [3.05, 3.63) is 23.5 Å². The fourth-order valence-electron chi connectivity index (χ4n) is 1.40. The van der Waals surface area contributed by atoms with Crippen LogP contribution in [-0.4, -0.2) is 15.2 Å². The Labute approximate surface area is 103 Å². The molecule has 2 rings (SSSR count). The molecular formula is C12H16F3N3. The maximum Gasteiger partial charge on any atom is 0.417 e. The zero-order valence-electron chi connectivity index (χ0n) is 10.6. The molecular weight excluding hydrogens is 243 g/mol. The number of pyridine rings is 1. The number of alkyl halides is 3. The summed E-state index contributed by atoms with van der Waals surface area (Å²) in [6, 6.07) is 1.07. The Kier molecular flexibility index (Phi) is 4.69. The predicted octanol–water partition coefficient (Wildman–Crippen LogP) is 3.96. The summed E-state index contributed by atoms with van der Waals surface area (Å²) in [6.45, 7) is 6.00. The van der Waals surface area contributed by atoms with Crippen LogP contribution in [0.15, 0.2) is 12.3 Å². The van der Waals surface area contributed by atoms with Crippen molar-refractivity contribution in [2.45, 2.75) is 39.8 Å². The first-order valence-electron chi connectivity index (χ1n) is 5.84. The van der Waals surface area contributed by atoms with Crippen molar-refractivity contribution in [2.75, 3.05) is 0 Å². The molecule has 0 saturated carbocycles. The van der Waals surface area contributed by atoms with Crippen molar-refractivity contribution in [1.29, 1.82) is 0 Å². The van der Waals surface area contributed by atoms with E-state index < -0.39 is 11.7 Å². The molecule has 3 nitrogen and oxygen atoms in total. The first-order valence-corrected chi connectivity index (χ1v) is 5.84. The number of aromatic nitrogens is 3. The lowest BCUT2D eigenvalue weighted by atomic mass is 10.1. The van der Waals surface area contributed by atoms with Gasteiger partial charge >= 0.3 is 6.18 Å². The van der Waals surface area contributed by atoms with Crippen LogP contribution in [0.4, 0.5) is 13.2 Å². The normalized spacial score (nSPS) is 11.2. The van der Waals surface area contributed by atoms with Crippen LogP contribution in [0.25, 0.3) is 11.0 Å². The quantitative estimate of drug-likeness (QED) is 0.842. The van der Waals surface area contributed by atoms with Crippen LogP contribution in [0.3, 0.4) is 0 Å². The number of hydrogen-bond acceptors (Lipinski definition) is 2. The van der Waals surface area contributed by atoms with Gasteiger partial charge in [-0.05, 0) is 12.5 Å². The van der Waals surface area contributed by atoms with Gasteiger partial charge in [0.2, 0.25) is 0 Å². The number of nitrogens with one attached hydrogen (secondary N) is 1. The van der Waals surface area contributed by atoms with Gasteiger partial charge in [0.25, 0.3) is 0 Å². The standard InChI is InChI=1S/C9H8F3N3.C3H8/c1-2-5-3-7(9(10,11)12)6-4-13-15-8(6)14-5;1-3-2/h3-4H,2H2,1H3,(H,13,14,15);3H2,1-2H3. The molecule has 2 aromatic rings. The maximum atomic E-state index is 12.6. The van der Waals surface area contributed by atoms with Gasteiger partial charge in [-0.3, -0.25) is 5.10 Å². The van der Waals surface area contributed by atoms with Crippen LogP contribution in [0.2, 0.25) is 0 Å². The van der Waals surface area contributed by atoms with Gasteiger partial charge in [-0.2, -0.15) is 18.3 Å². The minimum atomic E-state index is -4.37. The minimum Gasteiger partial charge on any atom is -0.261 e.